The standard InChI is InChI=1S/C48H29BN4/c1-4-14-30(15-5-1)50-38-22-12-23-39-44(38)49-45-40(50)24-13-25-41(45)53-37-28-26-34-33-20-10-11-21-36(33)52(32-18-8-3-9-19-32)47(34)43(37)35-27-29-42(46(49)48(35)53)51(39)31-16-6-2-7-17-31/h1-29H. The molecule has 5 heterocycles. The minimum atomic E-state index is 0.0818. The van der Waals surface area contributed by atoms with Crippen LogP contribution >= 0.6 is 0 Å². The monoisotopic (exact) mass is 672 g/mol. The molecule has 5 heteroatoms. The fourth-order valence-electron chi connectivity index (χ4n) is 10.1. The minimum absolute atomic E-state index is 0.0818. The van der Waals surface area contributed by atoms with Crippen molar-refractivity contribution in [1.29, 1.82) is 0 Å². The first-order valence-electron chi connectivity index (χ1n) is 18.4. The minimum Gasteiger partial charge on any atom is -0.311 e. The van der Waals surface area contributed by atoms with Crippen LogP contribution in [-0.2, 0) is 0 Å². The molecule has 0 unspecified atom stereocenters. The maximum absolute atomic E-state index is 2.59. The second kappa shape index (κ2) is 9.87. The quantitative estimate of drug-likeness (QED) is 0.174. The predicted molar refractivity (Wildman–Crippen MR) is 223 cm³/mol. The van der Waals surface area contributed by atoms with Crippen molar-refractivity contribution < 1.29 is 0 Å². The summed E-state index contributed by atoms with van der Waals surface area (Å²) in [6.07, 6.45) is 0. The van der Waals surface area contributed by atoms with Gasteiger partial charge >= 0.3 is 0 Å². The van der Waals surface area contributed by atoms with Gasteiger partial charge < -0.3 is 18.9 Å². The van der Waals surface area contributed by atoms with Crippen LogP contribution in [0.15, 0.2) is 176 Å². The second-order valence-electron chi connectivity index (χ2n) is 14.5. The van der Waals surface area contributed by atoms with Crippen molar-refractivity contribution in [3.05, 3.63) is 176 Å². The molecule has 0 saturated carbocycles. The van der Waals surface area contributed by atoms with E-state index in [9.17, 15) is 0 Å². The number of rotatable bonds is 3. The molecule has 0 bridgehead atoms. The first kappa shape index (κ1) is 27.7. The van der Waals surface area contributed by atoms with Crippen molar-refractivity contribution in [2.24, 2.45) is 0 Å². The van der Waals surface area contributed by atoms with Gasteiger partial charge in [0.25, 0.3) is 6.71 Å². The van der Waals surface area contributed by atoms with Crippen LogP contribution in [0.25, 0.3) is 55.0 Å². The summed E-state index contributed by atoms with van der Waals surface area (Å²) < 4.78 is 5.08. The van der Waals surface area contributed by atoms with Crippen LogP contribution in [0.4, 0.5) is 34.1 Å². The molecule has 53 heavy (non-hydrogen) atoms. The molecular weight excluding hydrogens is 643 g/mol. The van der Waals surface area contributed by atoms with Crippen LogP contribution in [0.2, 0.25) is 0 Å². The molecule has 13 rings (SSSR count). The van der Waals surface area contributed by atoms with E-state index in [0.717, 1.165) is 0 Å². The third-order valence-electron chi connectivity index (χ3n) is 12.0. The summed E-state index contributed by atoms with van der Waals surface area (Å²) in [4.78, 5) is 5.00. The van der Waals surface area contributed by atoms with Crippen LogP contribution < -0.4 is 26.2 Å². The maximum atomic E-state index is 2.59. The van der Waals surface area contributed by atoms with Gasteiger partial charge in [0.15, 0.2) is 0 Å². The number of aromatic nitrogens is 2. The Kier molecular flexibility index (Phi) is 5.16. The highest BCUT2D eigenvalue weighted by molar-refractivity contribution is 7.02. The Morgan fingerprint density at radius 3 is 1.49 bits per heavy atom. The van der Waals surface area contributed by atoms with E-state index < -0.39 is 0 Å². The van der Waals surface area contributed by atoms with Crippen molar-refractivity contribution in [1.82, 2.24) is 9.13 Å². The molecule has 3 aliphatic heterocycles. The smallest absolute Gasteiger partial charge is 0.257 e. The number of benzene rings is 8. The van der Waals surface area contributed by atoms with E-state index in [1.165, 1.54) is 105 Å². The van der Waals surface area contributed by atoms with E-state index >= 15 is 0 Å². The number of anilines is 6. The molecule has 0 aliphatic carbocycles. The second-order valence-corrected chi connectivity index (χ2v) is 14.5. The molecule has 0 atom stereocenters. The Bertz CT molecular complexity index is 3170. The molecule has 0 fully saturated rings. The molecule has 4 nitrogen and oxygen atoms in total. The number of hydrogen-bond acceptors (Lipinski definition) is 2. The Morgan fingerprint density at radius 1 is 0.302 bits per heavy atom. The third kappa shape index (κ3) is 3.34. The van der Waals surface area contributed by atoms with Crippen LogP contribution in [-0.4, -0.2) is 15.8 Å². The largest absolute Gasteiger partial charge is 0.311 e. The Balaban J connectivity index is 1.26. The molecule has 0 spiro atoms. The summed E-state index contributed by atoms with van der Waals surface area (Å²) >= 11 is 0. The van der Waals surface area contributed by atoms with E-state index in [0.29, 0.717) is 0 Å². The zero-order chi connectivity index (χ0) is 34.4. The number of nitrogens with zero attached hydrogens (tertiary/aromatic N) is 4. The normalized spacial score (nSPS) is 13.5. The van der Waals surface area contributed by atoms with E-state index in [2.05, 4.69) is 195 Å². The summed E-state index contributed by atoms with van der Waals surface area (Å²) in [6.45, 7) is 0.0818. The van der Waals surface area contributed by atoms with Gasteiger partial charge in [0.1, 0.15) is 0 Å². The highest BCUT2D eigenvalue weighted by Gasteiger charge is 2.48. The van der Waals surface area contributed by atoms with Crippen LogP contribution in [0, 0.1) is 0 Å². The Labute approximate surface area is 306 Å². The van der Waals surface area contributed by atoms with Crippen LogP contribution in [0.5, 0.6) is 0 Å². The fraction of sp³-hybridized carbons (Fsp3) is 0. The van der Waals surface area contributed by atoms with Gasteiger partial charge in [-0.15, -0.1) is 0 Å². The predicted octanol–water partition coefficient (Wildman–Crippen LogP) is 10.3. The number of hydrogen-bond donors (Lipinski definition) is 0. The highest BCUT2D eigenvalue weighted by atomic mass is 15.2. The van der Waals surface area contributed by atoms with E-state index in [1.54, 1.807) is 0 Å². The fourth-order valence-corrected chi connectivity index (χ4v) is 10.1. The maximum Gasteiger partial charge on any atom is 0.257 e. The average Bonchev–Trinajstić information content (AvgIpc) is 3.75. The lowest BCUT2D eigenvalue weighted by Gasteiger charge is -2.46. The Morgan fingerprint density at radius 2 is 0.830 bits per heavy atom. The van der Waals surface area contributed by atoms with Gasteiger partial charge in [-0.1, -0.05) is 97.1 Å². The average molecular weight is 673 g/mol. The van der Waals surface area contributed by atoms with Crippen molar-refractivity contribution in [2.75, 3.05) is 9.80 Å². The van der Waals surface area contributed by atoms with Gasteiger partial charge in [-0.3, -0.25) is 0 Å². The van der Waals surface area contributed by atoms with Crippen molar-refractivity contribution in [3.63, 3.8) is 0 Å². The molecule has 10 aromatic rings. The van der Waals surface area contributed by atoms with E-state index in [1.807, 2.05) is 0 Å². The third-order valence-corrected chi connectivity index (χ3v) is 12.0. The lowest BCUT2D eigenvalue weighted by molar-refractivity contribution is 1.16. The number of para-hydroxylation sites is 4. The lowest BCUT2D eigenvalue weighted by atomic mass is 9.32. The van der Waals surface area contributed by atoms with Crippen LogP contribution in [0.3, 0.4) is 0 Å². The molecule has 244 valence electrons. The van der Waals surface area contributed by atoms with E-state index in [-0.39, 0.29) is 6.71 Å². The zero-order valence-corrected chi connectivity index (χ0v) is 28.6. The summed E-state index contributed by atoms with van der Waals surface area (Å²) in [5.41, 5.74) is 18.9. The molecule has 8 aromatic carbocycles. The van der Waals surface area contributed by atoms with Gasteiger partial charge in [0.2, 0.25) is 0 Å². The highest BCUT2D eigenvalue weighted by Crippen LogP contribution is 2.49. The zero-order valence-electron chi connectivity index (χ0n) is 28.6. The summed E-state index contributed by atoms with van der Waals surface area (Å²) in [7, 11) is 0. The van der Waals surface area contributed by atoms with Gasteiger partial charge in [0.05, 0.1) is 22.1 Å². The van der Waals surface area contributed by atoms with E-state index in [4.69, 9.17) is 0 Å². The number of fused-ring (bicyclic) bond motifs is 8. The molecule has 0 amide bonds. The lowest BCUT2D eigenvalue weighted by Crippen LogP contribution is -2.64. The van der Waals surface area contributed by atoms with Crippen molar-refractivity contribution in [2.45, 2.75) is 0 Å². The molecule has 0 N–H and O–H groups in total. The molecular formula is C48H29BN4. The topological polar surface area (TPSA) is 16.3 Å². The summed E-state index contributed by atoms with van der Waals surface area (Å²) in [5, 5.41) is 5.13. The molecule has 3 aliphatic rings. The first-order valence-corrected chi connectivity index (χ1v) is 18.4. The molecule has 2 aromatic heterocycles. The van der Waals surface area contributed by atoms with Crippen LogP contribution in [0.1, 0.15) is 0 Å². The molecule has 0 saturated heterocycles. The van der Waals surface area contributed by atoms with Gasteiger partial charge in [-0.2, -0.15) is 0 Å². The van der Waals surface area contributed by atoms with Gasteiger partial charge in [-0.25, -0.2) is 0 Å². The van der Waals surface area contributed by atoms with Crippen molar-refractivity contribution >= 4 is 101 Å². The van der Waals surface area contributed by atoms with Crippen molar-refractivity contribution in [3.8, 4) is 11.4 Å². The SMILES string of the molecule is c1ccc(N2c3cccc4c3B3c5c2cccc5-n2c5ccc6c7ccccc7n(-c7ccccc7)c6c5c5ccc(c3c52)N4c2ccccc2)cc1. The molecule has 0 radical (unpaired) electrons. The van der Waals surface area contributed by atoms with Gasteiger partial charge in [-0.05, 0) is 95.3 Å². The summed E-state index contributed by atoms with van der Waals surface area (Å²) in [6, 6.07) is 64.9. The summed E-state index contributed by atoms with van der Waals surface area (Å²) in [5.74, 6) is 0. The Hall–Kier alpha value is -6.98. The first-order chi connectivity index (χ1) is 26.4. The van der Waals surface area contributed by atoms with Gasteiger partial charge in [0, 0.05) is 67.0 Å².